The number of hydrogen-bond acceptors (Lipinski definition) is 6. The molecule has 0 radical (unpaired) electrons. The topological polar surface area (TPSA) is 90.7 Å². The third kappa shape index (κ3) is 6.77. The lowest BCUT2D eigenvalue weighted by Gasteiger charge is -2.15. The zero-order valence-electron chi connectivity index (χ0n) is 17.7. The second-order valence-corrected chi connectivity index (χ2v) is 10.6. The number of ether oxygens (including phenoxy) is 2. The first-order valence-corrected chi connectivity index (χ1v) is 12.8. The largest absolute Gasteiger partial charge is 0.492 e. The number of alkyl halides is 1. The van der Waals surface area contributed by atoms with Crippen molar-refractivity contribution in [1.82, 2.24) is 9.55 Å². The van der Waals surface area contributed by atoms with Crippen LogP contribution in [0.3, 0.4) is 0 Å². The predicted octanol–water partition coefficient (Wildman–Crippen LogP) is 4.72. The third-order valence-corrected chi connectivity index (χ3v) is 7.49. The van der Waals surface area contributed by atoms with Crippen molar-refractivity contribution >= 4 is 44.6 Å². The van der Waals surface area contributed by atoms with Crippen LogP contribution in [0, 0.1) is 5.92 Å². The molecule has 0 unspecified atom stereocenters. The van der Waals surface area contributed by atoms with Crippen LogP contribution in [-0.4, -0.2) is 48.3 Å². The normalized spacial score (nSPS) is 13.5. The van der Waals surface area contributed by atoms with Gasteiger partial charge in [0.15, 0.2) is 0 Å². The van der Waals surface area contributed by atoms with Crippen LogP contribution >= 0.6 is 34.8 Å². The summed E-state index contributed by atoms with van der Waals surface area (Å²) < 4.78 is 39.0. The van der Waals surface area contributed by atoms with Crippen LogP contribution in [0.15, 0.2) is 64.9 Å². The first kappa shape index (κ1) is 25.6. The van der Waals surface area contributed by atoms with Crippen LogP contribution in [0.5, 0.6) is 11.5 Å². The lowest BCUT2D eigenvalue weighted by Crippen LogP contribution is -2.23. The molecule has 0 aliphatic heterocycles. The van der Waals surface area contributed by atoms with Crippen molar-refractivity contribution in [2.45, 2.75) is 29.4 Å². The number of nitrogens with zero attached hydrogens (tertiary/aromatic N) is 2. The van der Waals surface area contributed by atoms with Crippen LogP contribution in [-0.2, 0) is 16.4 Å². The van der Waals surface area contributed by atoms with E-state index in [-0.39, 0.29) is 38.1 Å². The summed E-state index contributed by atoms with van der Waals surface area (Å²) in [6.07, 6.45) is 4.12. The molecular weight excluding hydrogens is 511 g/mol. The van der Waals surface area contributed by atoms with Gasteiger partial charge in [-0.1, -0.05) is 30.1 Å². The Bertz CT molecular complexity index is 1170. The molecule has 3 rings (SSSR count). The third-order valence-electron chi connectivity index (χ3n) is 4.63. The van der Waals surface area contributed by atoms with Gasteiger partial charge in [0.2, 0.25) is 9.84 Å². The fourth-order valence-corrected chi connectivity index (χ4v) is 4.82. The number of benzene rings is 2. The van der Waals surface area contributed by atoms with Gasteiger partial charge >= 0.3 is 0 Å². The molecule has 0 bridgehead atoms. The monoisotopic (exact) mass is 532 g/mol. The lowest BCUT2D eigenvalue weighted by atomic mass is 10.2. The van der Waals surface area contributed by atoms with Crippen molar-refractivity contribution in [3.63, 3.8) is 0 Å². The maximum Gasteiger partial charge on any atom is 0.206 e. The quantitative estimate of drug-likeness (QED) is 0.359. The fourth-order valence-electron chi connectivity index (χ4n) is 2.82. The molecule has 3 aromatic rings. The second-order valence-electron chi connectivity index (χ2n) is 7.48. The minimum absolute atomic E-state index is 0.00531. The summed E-state index contributed by atoms with van der Waals surface area (Å²) in [5.74, 6) is 1.20. The van der Waals surface area contributed by atoms with Crippen LogP contribution in [0.25, 0.3) is 0 Å². The molecule has 0 saturated heterocycles. The number of aliphatic hydroxyl groups excluding tert-OH is 1. The van der Waals surface area contributed by atoms with E-state index in [0.717, 1.165) is 0 Å². The van der Waals surface area contributed by atoms with Gasteiger partial charge in [0, 0.05) is 24.2 Å². The Hall–Kier alpha value is -1.97. The van der Waals surface area contributed by atoms with Gasteiger partial charge < -0.3 is 19.1 Å². The average Bonchev–Trinajstić information content (AvgIpc) is 3.30. The van der Waals surface area contributed by atoms with Crippen molar-refractivity contribution in [1.29, 1.82) is 0 Å². The Morgan fingerprint density at radius 3 is 2.09 bits per heavy atom. The van der Waals surface area contributed by atoms with E-state index >= 15 is 0 Å². The molecule has 2 atom stereocenters. The Labute approximate surface area is 207 Å². The average molecular weight is 534 g/mol. The van der Waals surface area contributed by atoms with Crippen molar-refractivity contribution in [2.75, 3.05) is 19.1 Å². The first-order valence-electron chi connectivity index (χ1n) is 10.00. The van der Waals surface area contributed by atoms with Crippen molar-refractivity contribution < 1.29 is 23.0 Å². The van der Waals surface area contributed by atoms with Crippen LogP contribution in [0.4, 0.5) is 0 Å². The van der Waals surface area contributed by atoms with E-state index in [2.05, 4.69) is 4.98 Å². The van der Waals surface area contributed by atoms with E-state index in [1.807, 2.05) is 6.92 Å². The van der Waals surface area contributed by atoms with E-state index in [4.69, 9.17) is 44.3 Å². The molecule has 0 amide bonds. The maximum atomic E-state index is 13.1. The molecule has 0 aliphatic carbocycles. The predicted molar refractivity (Wildman–Crippen MR) is 127 cm³/mol. The summed E-state index contributed by atoms with van der Waals surface area (Å²) in [6.45, 7) is 2.57. The number of hydrogen-bond donors (Lipinski definition) is 1. The van der Waals surface area contributed by atoms with E-state index in [9.17, 15) is 13.5 Å². The summed E-state index contributed by atoms with van der Waals surface area (Å²) in [5, 5.41) is 10.4. The number of aliphatic hydroxyl groups is 1. The molecule has 178 valence electrons. The number of rotatable bonds is 11. The number of aromatic nitrogens is 2. The summed E-state index contributed by atoms with van der Waals surface area (Å²) in [5.41, 5.74) is 0. The van der Waals surface area contributed by atoms with Crippen molar-refractivity contribution in [2.24, 2.45) is 5.92 Å². The highest BCUT2D eigenvalue weighted by Crippen LogP contribution is 2.33. The zero-order valence-corrected chi connectivity index (χ0v) is 20.8. The summed E-state index contributed by atoms with van der Waals surface area (Å²) >= 11 is 18.2. The fraction of sp³-hybridized carbons (Fsp3) is 0.318. The van der Waals surface area contributed by atoms with Gasteiger partial charge in [-0.3, -0.25) is 0 Å². The highest BCUT2D eigenvalue weighted by molar-refractivity contribution is 7.91. The minimum atomic E-state index is -3.88. The van der Waals surface area contributed by atoms with E-state index in [1.165, 1.54) is 36.4 Å². The van der Waals surface area contributed by atoms with Gasteiger partial charge in [0.25, 0.3) is 0 Å². The maximum absolute atomic E-state index is 13.1. The lowest BCUT2D eigenvalue weighted by molar-refractivity contribution is 0.0925. The summed E-state index contributed by atoms with van der Waals surface area (Å²) in [4.78, 5) is 3.90. The van der Waals surface area contributed by atoms with Crippen LogP contribution < -0.4 is 9.47 Å². The van der Waals surface area contributed by atoms with E-state index < -0.39 is 15.9 Å². The van der Waals surface area contributed by atoms with Gasteiger partial charge in [-0.05, 0) is 36.4 Å². The first-order chi connectivity index (χ1) is 15.7. The smallest absolute Gasteiger partial charge is 0.206 e. The molecule has 33 heavy (non-hydrogen) atoms. The van der Waals surface area contributed by atoms with Crippen LogP contribution in [0.1, 0.15) is 6.92 Å². The molecule has 0 saturated carbocycles. The molecule has 2 aromatic carbocycles. The van der Waals surface area contributed by atoms with Gasteiger partial charge in [0.05, 0.1) is 39.3 Å². The standard InChI is InChI=1S/C22H23Cl3N2O5S/c1-15(10-23)12-31-21-4-2-17(8-19(21)24)33(29,30)18-3-5-22(20(25)9-18)32-13-16(28)11-27-7-6-26-14-27/h2-9,14-16,28H,10-13H2,1H3/t15-,16+/m1/s1. The van der Waals surface area contributed by atoms with Gasteiger partial charge in [-0.15, -0.1) is 11.6 Å². The summed E-state index contributed by atoms with van der Waals surface area (Å²) in [6, 6.07) is 8.41. The molecule has 0 spiro atoms. The Morgan fingerprint density at radius 2 is 1.61 bits per heavy atom. The Kier molecular flexibility index (Phi) is 8.89. The molecule has 11 heteroatoms. The second kappa shape index (κ2) is 11.4. The van der Waals surface area contributed by atoms with Gasteiger partial charge in [-0.25, -0.2) is 13.4 Å². The number of sulfone groups is 1. The van der Waals surface area contributed by atoms with Crippen molar-refractivity contribution in [3.8, 4) is 11.5 Å². The van der Waals surface area contributed by atoms with E-state index in [1.54, 1.807) is 23.3 Å². The molecule has 0 fully saturated rings. The van der Waals surface area contributed by atoms with Crippen LogP contribution in [0.2, 0.25) is 10.0 Å². The molecular formula is C22H23Cl3N2O5S. The molecule has 1 aromatic heterocycles. The van der Waals surface area contributed by atoms with Gasteiger partial charge in [-0.2, -0.15) is 0 Å². The minimum Gasteiger partial charge on any atom is -0.492 e. The molecule has 1 N–H and O–H groups in total. The van der Waals surface area contributed by atoms with Crippen molar-refractivity contribution in [3.05, 3.63) is 65.2 Å². The molecule has 1 heterocycles. The summed E-state index contributed by atoms with van der Waals surface area (Å²) in [7, 11) is -3.88. The Balaban J connectivity index is 1.69. The number of imidazole rings is 1. The highest BCUT2D eigenvalue weighted by atomic mass is 35.5. The SMILES string of the molecule is C[C@H](CCl)COc1ccc(S(=O)(=O)c2ccc(OC[C@@H](O)Cn3ccnc3)c(Cl)c2)cc1Cl. The molecule has 7 nitrogen and oxygen atoms in total. The van der Waals surface area contributed by atoms with Gasteiger partial charge in [0.1, 0.15) is 24.2 Å². The number of halogens is 3. The highest BCUT2D eigenvalue weighted by Gasteiger charge is 2.21. The zero-order chi connectivity index (χ0) is 24.0. The Morgan fingerprint density at radius 1 is 1.03 bits per heavy atom. The van der Waals surface area contributed by atoms with E-state index in [0.29, 0.717) is 24.8 Å². The molecule has 0 aliphatic rings.